The molecule has 1 aromatic carbocycles. The van der Waals surface area contributed by atoms with Crippen molar-refractivity contribution in [2.75, 3.05) is 5.32 Å². The molecule has 0 unspecified atom stereocenters. The zero-order chi connectivity index (χ0) is 14.3. The Morgan fingerprint density at radius 2 is 2.05 bits per heavy atom. The average molecular weight is 272 g/mol. The largest absolute Gasteiger partial charge is 0.380 e. The van der Waals surface area contributed by atoms with E-state index in [9.17, 15) is 4.79 Å². The van der Waals surface area contributed by atoms with Gasteiger partial charge in [-0.1, -0.05) is 32.0 Å². The molecular weight excluding hydrogens is 248 g/mol. The first-order valence-corrected chi connectivity index (χ1v) is 7.72. The van der Waals surface area contributed by atoms with Gasteiger partial charge in [-0.3, -0.25) is 4.79 Å². The zero-order valence-corrected chi connectivity index (χ0v) is 12.6. The number of rotatable bonds is 3. The second-order valence-electron chi connectivity index (χ2n) is 6.45. The molecule has 3 heteroatoms. The fourth-order valence-electron chi connectivity index (χ4n) is 3.97. The van der Waals surface area contributed by atoms with Crippen LogP contribution in [0, 0.1) is 0 Å². The number of carbonyl (C=O) groups excluding carboxylic acids is 1. The molecular formula is C17H24N2O. The third-order valence-electron chi connectivity index (χ3n) is 4.82. The van der Waals surface area contributed by atoms with Gasteiger partial charge < -0.3 is 10.2 Å². The zero-order valence-electron chi connectivity index (χ0n) is 12.6. The maximum Gasteiger partial charge on any atom is 0.220 e. The molecule has 3 rings (SSSR count). The molecule has 0 spiro atoms. The van der Waals surface area contributed by atoms with Gasteiger partial charge in [-0.05, 0) is 36.8 Å². The van der Waals surface area contributed by atoms with Crippen LogP contribution in [0.3, 0.4) is 0 Å². The number of amides is 1. The number of nitrogens with zero attached hydrogens (tertiary/aromatic N) is 1. The number of fused-ring (bicyclic) bond motifs is 2. The molecule has 20 heavy (non-hydrogen) atoms. The molecule has 1 aromatic rings. The SMILES string of the molecule is CC(=O)N1[C@H]2CC[C@@H]1[C@@H](Nc1ccccc1C(C)C)C2. The molecule has 0 aromatic heterocycles. The summed E-state index contributed by atoms with van der Waals surface area (Å²) < 4.78 is 0. The fraction of sp³-hybridized carbons (Fsp3) is 0.588. The van der Waals surface area contributed by atoms with E-state index in [1.165, 1.54) is 17.7 Å². The van der Waals surface area contributed by atoms with E-state index in [1.807, 2.05) is 0 Å². The van der Waals surface area contributed by atoms with Gasteiger partial charge in [0.1, 0.15) is 0 Å². The lowest BCUT2D eigenvalue weighted by molar-refractivity contribution is -0.130. The van der Waals surface area contributed by atoms with E-state index in [-0.39, 0.29) is 5.91 Å². The minimum Gasteiger partial charge on any atom is -0.380 e. The van der Waals surface area contributed by atoms with Crippen molar-refractivity contribution in [3.63, 3.8) is 0 Å². The van der Waals surface area contributed by atoms with Gasteiger partial charge in [0.15, 0.2) is 0 Å². The number of carbonyl (C=O) groups is 1. The maximum absolute atomic E-state index is 11.8. The van der Waals surface area contributed by atoms with Crippen molar-refractivity contribution in [2.24, 2.45) is 0 Å². The third kappa shape index (κ3) is 2.19. The topological polar surface area (TPSA) is 32.3 Å². The van der Waals surface area contributed by atoms with Crippen molar-refractivity contribution in [1.29, 1.82) is 0 Å². The molecule has 1 amide bonds. The van der Waals surface area contributed by atoms with Crippen molar-refractivity contribution < 1.29 is 4.79 Å². The summed E-state index contributed by atoms with van der Waals surface area (Å²) in [4.78, 5) is 13.9. The number of hydrogen-bond acceptors (Lipinski definition) is 2. The molecule has 2 aliphatic rings. The third-order valence-corrected chi connectivity index (χ3v) is 4.82. The summed E-state index contributed by atoms with van der Waals surface area (Å²) in [5, 5.41) is 3.71. The molecule has 2 heterocycles. The molecule has 3 atom stereocenters. The van der Waals surface area contributed by atoms with E-state index in [4.69, 9.17) is 0 Å². The Balaban J connectivity index is 1.79. The van der Waals surface area contributed by atoms with Crippen molar-refractivity contribution in [1.82, 2.24) is 4.90 Å². The molecule has 3 nitrogen and oxygen atoms in total. The minimum absolute atomic E-state index is 0.235. The minimum atomic E-state index is 0.235. The summed E-state index contributed by atoms with van der Waals surface area (Å²) in [6, 6.07) is 9.81. The first-order chi connectivity index (χ1) is 9.58. The second-order valence-corrected chi connectivity index (χ2v) is 6.45. The highest BCUT2D eigenvalue weighted by Gasteiger charge is 2.47. The predicted octanol–water partition coefficient (Wildman–Crippen LogP) is 3.37. The monoisotopic (exact) mass is 272 g/mol. The van der Waals surface area contributed by atoms with E-state index < -0.39 is 0 Å². The van der Waals surface area contributed by atoms with Crippen molar-refractivity contribution in [2.45, 2.75) is 64.1 Å². The van der Waals surface area contributed by atoms with Crippen LogP contribution in [0.15, 0.2) is 24.3 Å². The number of benzene rings is 1. The fourth-order valence-corrected chi connectivity index (χ4v) is 3.97. The van der Waals surface area contributed by atoms with Gasteiger partial charge in [0.25, 0.3) is 0 Å². The van der Waals surface area contributed by atoms with Gasteiger partial charge in [-0.25, -0.2) is 0 Å². The van der Waals surface area contributed by atoms with Gasteiger partial charge in [0.2, 0.25) is 5.91 Å². The molecule has 1 N–H and O–H groups in total. The smallest absolute Gasteiger partial charge is 0.220 e. The molecule has 0 aliphatic carbocycles. The van der Waals surface area contributed by atoms with E-state index in [0.29, 0.717) is 24.0 Å². The molecule has 108 valence electrons. The molecule has 2 fully saturated rings. The number of para-hydroxylation sites is 1. The van der Waals surface area contributed by atoms with Gasteiger partial charge in [0, 0.05) is 24.7 Å². The summed E-state index contributed by atoms with van der Waals surface area (Å²) >= 11 is 0. The molecule has 0 saturated carbocycles. The van der Waals surface area contributed by atoms with Crippen molar-refractivity contribution in [3.8, 4) is 0 Å². The van der Waals surface area contributed by atoms with Gasteiger partial charge in [-0.2, -0.15) is 0 Å². The number of anilines is 1. The van der Waals surface area contributed by atoms with Gasteiger partial charge in [0.05, 0.1) is 6.04 Å². The van der Waals surface area contributed by atoms with Crippen molar-refractivity contribution >= 4 is 11.6 Å². The molecule has 2 saturated heterocycles. The Labute approximate surface area is 121 Å². The number of hydrogen-bond donors (Lipinski definition) is 1. The Morgan fingerprint density at radius 3 is 2.70 bits per heavy atom. The Morgan fingerprint density at radius 1 is 1.30 bits per heavy atom. The highest BCUT2D eigenvalue weighted by atomic mass is 16.2. The second kappa shape index (κ2) is 5.12. The molecule has 0 radical (unpaired) electrons. The van der Waals surface area contributed by atoms with Crippen LogP contribution in [-0.2, 0) is 4.79 Å². The highest BCUT2D eigenvalue weighted by Crippen LogP contribution is 2.39. The van der Waals surface area contributed by atoms with Gasteiger partial charge >= 0.3 is 0 Å². The van der Waals surface area contributed by atoms with Crippen LogP contribution in [0.5, 0.6) is 0 Å². The maximum atomic E-state index is 11.8. The standard InChI is InChI=1S/C17H24N2O/c1-11(2)14-6-4-5-7-15(14)18-16-10-13-8-9-17(16)19(13)12(3)20/h4-7,11,13,16-18H,8-10H2,1-3H3/t13-,16-,17+/m0/s1. The van der Waals surface area contributed by atoms with Crippen LogP contribution < -0.4 is 5.32 Å². The molecule has 2 bridgehead atoms. The lowest BCUT2D eigenvalue weighted by Gasteiger charge is -2.26. The van der Waals surface area contributed by atoms with E-state index in [2.05, 4.69) is 48.3 Å². The Bertz CT molecular complexity index is 511. The first kappa shape index (κ1) is 13.5. The average Bonchev–Trinajstić information content (AvgIpc) is 2.96. The quantitative estimate of drug-likeness (QED) is 0.915. The van der Waals surface area contributed by atoms with Gasteiger partial charge in [-0.15, -0.1) is 0 Å². The normalized spacial score (nSPS) is 28.2. The lowest BCUT2D eigenvalue weighted by Crippen LogP contribution is -2.38. The molecule has 2 aliphatic heterocycles. The van der Waals surface area contributed by atoms with Crippen LogP contribution in [0.1, 0.15) is 51.5 Å². The summed E-state index contributed by atoms with van der Waals surface area (Å²) in [6.45, 7) is 6.15. The van der Waals surface area contributed by atoms with E-state index in [0.717, 1.165) is 12.8 Å². The summed E-state index contributed by atoms with van der Waals surface area (Å²) in [7, 11) is 0. The predicted molar refractivity (Wildman–Crippen MR) is 81.9 cm³/mol. The van der Waals surface area contributed by atoms with Crippen molar-refractivity contribution in [3.05, 3.63) is 29.8 Å². The van der Waals surface area contributed by atoms with E-state index >= 15 is 0 Å². The van der Waals surface area contributed by atoms with Crippen LogP contribution >= 0.6 is 0 Å². The van der Waals surface area contributed by atoms with E-state index in [1.54, 1.807) is 6.92 Å². The van der Waals surface area contributed by atoms with Crippen LogP contribution in [0.25, 0.3) is 0 Å². The summed E-state index contributed by atoms with van der Waals surface area (Å²) in [5.74, 6) is 0.750. The van der Waals surface area contributed by atoms with Crippen LogP contribution in [-0.4, -0.2) is 28.9 Å². The lowest BCUT2D eigenvalue weighted by atomic mass is 9.94. The Hall–Kier alpha value is -1.51. The number of nitrogens with one attached hydrogen (secondary N) is 1. The van der Waals surface area contributed by atoms with Crippen LogP contribution in [0.2, 0.25) is 0 Å². The Kier molecular flexibility index (Phi) is 3.45. The van der Waals surface area contributed by atoms with Crippen LogP contribution in [0.4, 0.5) is 5.69 Å². The summed E-state index contributed by atoms with van der Waals surface area (Å²) in [6.07, 6.45) is 3.41. The summed E-state index contributed by atoms with van der Waals surface area (Å²) in [5.41, 5.74) is 2.60. The first-order valence-electron chi connectivity index (χ1n) is 7.72. The highest BCUT2D eigenvalue weighted by molar-refractivity contribution is 5.75.